The number of benzene rings is 1. The first kappa shape index (κ1) is 12.6. The van der Waals surface area contributed by atoms with Crippen LogP contribution < -0.4 is 29.6 Å². The molecule has 0 atom stereocenters. The van der Waals surface area contributed by atoms with E-state index in [-0.39, 0.29) is 29.6 Å². The van der Waals surface area contributed by atoms with Crippen molar-refractivity contribution < 1.29 is 29.6 Å². The number of hydrogen-bond acceptors (Lipinski definition) is 3. The summed E-state index contributed by atoms with van der Waals surface area (Å²) in [6.45, 7) is 0. The van der Waals surface area contributed by atoms with Gasteiger partial charge in [-0.1, -0.05) is 35.4 Å². The molecule has 4 heteroatoms. The van der Waals surface area contributed by atoms with Gasteiger partial charge in [0.15, 0.2) is 0 Å². The first-order chi connectivity index (χ1) is 5.83. The largest absolute Gasteiger partial charge is 1.00 e. The number of nitriles is 1. The normalized spacial score (nSPS) is 9.92. The molecule has 1 aromatic carbocycles. The molecular formula is C9H7N2NaS. The second-order valence-corrected chi connectivity index (χ2v) is 2.74. The molecule has 2 nitrogen and oxygen atoms in total. The third-order valence-corrected chi connectivity index (χ3v) is 1.61. The van der Waals surface area contributed by atoms with Crippen LogP contribution in [0.3, 0.4) is 0 Å². The van der Waals surface area contributed by atoms with Crippen molar-refractivity contribution >= 4 is 17.7 Å². The van der Waals surface area contributed by atoms with Gasteiger partial charge in [0.25, 0.3) is 0 Å². The van der Waals surface area contributed by atoms with Crippen LogP contribution in [0.15, 0.2) is 35.3 Å². The van der Waals surface area contributed by atoms with Gasteiger partial charge in [0, 0.05) is 0 Å². The van der Waals surface area contributed by atoms with Gasteiger partial charge in [0.2, 0.25) is 6.19 Å². The third-order valence-electron chi connectivity index (χ3n) is 1.37. The second-order valence-electron chi connectivity index (χ2n) is 2.27. The van der Waals surface area contributed by atoms with Crippen LogP contribution in [0.4, 0.5) is 0 Å². The minimum atomic E-state index is 0. The zero-order chi connectivity index (χ0) is 8.81. The standard InChI is InChI=1S/C9H8N2S.Na/c10-7-11-9(12)6-8-4-2-1-3-5-8;/h1-5H,6H2,(H,11,12);/q;+1/p-1. The van der Waals surface area contributed by atoms with Crippen LogP contribution in [0.1, 0.15) is 5.56 Å². The monoisotopic (exact) mass is 198 g/mol. The number of aliphatic imine (C=N–C) groups is 1. The molecule has 0 radical (unpaired) electrons. The molecule has 0 saturated carbocycles. The maximum absolute atomic E-state index is 8.21. The molecule has 0 aromatic heterocycles. The Morgan fingerprint density at radius 1 is 1.38 bits per heavy atom. The molecule has 0 aliphatic heterocycles. The minimum absolute atomic E-state index is 0. The second kappa shape index (κ2) is 7.05. The van der Waals surface area contributed by atoms with Crippen molar-refractivity contribution in [3.05, 3.63) is 35.9 Å². The van der Waals surface area contributed by atoms with Gasteiger partial charge in [-0.3, -0.25) is 0 Å². The Balaban J connectivity index is 0.00000144. The van der Waals surface area contributed by atoms with E-state index in [1.165, 1.54) is 0 Å². The summed E-state index contributed by atoms with van der Waals surface area (Å²) in [5.74, 6) is 0. The molecule has 0 heterocycles. The molecule has 0 saturated heterocycles. The Bertz CT molecular complexity index is 316. The molecule has 60 valence electrons. The molecule has 0 unspecified atom stereocenters. The summed E-state index contributed by atoms with van der Waals surface area (Å²) in [5, 5.41) is 8.64. The van der Waals surface area contributed by atoms with Crippen molar-refractivity contribution in [3.63, 3.8) is 0 Å². The summed E-state index contributed by atoms with van der Waals surface area (Å²) in [6, 6.07) is 9.72. The van der Waals surface area contributed by atoms with Crippen LogP contribution in [0.2, 0.25) is 0 Å². The summed E-state index contributed by atoms with van der Waals surface area (Å²) < 4.78 is 0. The van der Waals surface area contributed by atoms with Crippen LogP contribution in [0, 0.1) is 11.5 Å². The van der Waals surface area contributed by atoms with Crippen molar-refractivity contribution in [2.75, 3.05) is 0 Å². The Morgan fingerprint density at radius 2 is 2.00 bits per heavy atom. The number of nitrogens with zero attached hydrogens (tertiary/aromatic N) is 2. The fourth-order valence-corrected chi connectivity index (χ4v) is 1.07. The van der Waals surface area contributed by atoms with Gasteiger partial charge >= 0.3 is 29.6 Å². The van der Waals surface area contributed by atoms with E-state index in [1.54, 1.807) is 6.19 Å². The Kier molecular flexibility index (Phi) is 6.83. The molecule has 1 aromatic rings. The summed E-state index contributed by atoms with van der Waals surface area (Å²) in [7, 11) is 0. The van der Waals surface area contributed by atoms with Crippen molar-refractivity contribution in [2.45, 2.75) is 6.42 Å². The Hall–Kier alpha value is -0.400. The first-order valence-electron chi connectivity index (χ1n) is 3.49. The summed E-state index contributed by atoms with van der Waals surface area (Å²) in [6.07, 6.45) is 2.24. The fourth-order valence-electron chi connectivity index (χ4n) is 0.866. The van der Waals surface area contributed by atoms with Crippen molar-refractivity contribution in [2.24, 2.45) is 4.99 Å². The van der Waals surface area contributed by atoms with Crippen LogP contribution >= 0.6 is 0 Å². The Morgan fingerprint density at radius 3 is 2.54 bits per heavy atom. The molecule has 0 fully saturated rings. The van der Waals surface area contributed by atoms with Crippen LogP contribution in [0.5, 0.6) is 0 Å². The average molecular weight is 198 g/mol. The third kappa shape index (κ3) is 5.02. The summed E-state index contributed by atoms with van der Waals surface area (Å²) >= 11 is 4.85. The van der Waals surface area contributed by atoms with Crippen molar-refractivity contribution in [3.8, 4) is 6.19 Å². The molecule has 0 amide bonds. The van der Waals surface area contributed by atoms with E-state index in [2.05, 4.69) is 4.99 Å². The molecule has 0 N–H and O–H groups in total. The predicted molar refractivity (Wildman–Crippen MR) is 50.6 cm³/mol. The van der Waals surface area contributed by atoms with E-state index >= 15 is 0 Å². The summed E-state index contributed by atoms with van der Waals surface area (Å²) in [5.41, 5.74) is 1.08. The summed E-state index contributed by atoms with van der Waals surface area (Å²) in [4.78, 5) is 3.46. The van der Waals surface area contributed by atoms with E-state index in [0.29, 0.717) is 11.5 Å². The molecule has 0 aliphatic carbocycles. The molecular weight excluding hydrogens is 191 g/mol. The van der Waals surface area contributed by atoms with Gasteiger partial charge < -0.3 is 12.6 Å². The molecule has 13 heavy (non-hydrogen) atoms. The van der Waals surface area contributed by atoms with Gasteiger partial charge in [-0.15, -0.1) is 0 Å². The van der Waals surface area contributed by atoms with Gasteiger partial charge in [0.1, 0.15) is 0 Å². The number of hydrogen-bond donors (Lipinski definition) is 0. The van der Waals surface area contributed by atoms with Crippen molar-refractivity contribution in [1.82, 2.24) is 0 Å². The average Bonchev–Trinajstić information content (AvgIpc) is 2.06. The van der Waals surface area contributed by atoms with Crippen molar-refractivity contribution in [1.29, 1.82) is 5.26 Å². The SMILES string of the molecule is N#CN=C([S-])Cc1ccccc1.[Na+]. The maximum atomic E-state index is 8.21. The number of rotatable bonds is 2. The van der Waals surface area contributed by atoms with Gasteiger partial charge in [-0.05, 0) is 12.0 Å². The first-order valence-corrected chi connectivity index (χ1v) is 3.90. The van der Waals surface area contributed by atoms with Gasteiger partial charge in [-0.2, -0.15) is 5.26 Å². The maximum Gasteiger partial charge on any atom is 1.00 e. The van der Waals surface area contributed by atoms with E-state index < -0.39 is 0 Å². The molecule has 0 bridgehead atoms. The molecule has 0 aliphatic rings. The van der Waals surface area contributed by atoms with E-state index in [4.69, 9.17) is 17.9 Å². The topological polar surface area (TPSA) is 36.1 Å². The van der Waals surface area contributed by atoms with Gasteiger partial charge in [-0.25, -0.2) is 4.99 Å². The van der Waals surface area contributed by atoms with E-state index in [0.717, 1.165) is 5.56 Å². The smallest absolute Gasteiger partial charge is 0.763 e. The van der Waals surface area contributed by atoms with E-state index in [9.17, 15) is 0 Å². The molecule has 0 spiro atoms. The zero-order valence-corrected chi connectivity index (χ0v) is 10.2. The van der Waals surface area contributed by atoms with Gasteiger partial charge in [0.05, 0.1) is 0 Å². The molecule has 1 rings (SSSR count). The Labute approximate surface area is 105 Å². The zero-order valence-electron chi connectivity index (χ0n) is 7.40. The van der Waals surface area contributed by atoms with Crippen LogP contribution in [0.25, 0.3) is 0 Å². The van der Waals surface area contributed by atoms with Crippen LogP contribution in [-0.2, 0) is 19.0 Å². The minimum Gasteiger partial charge on any atom is -0.763 e. The van der Waals surface area contributed by atoms with E-state index in [1.807, 2.05) is 30.3 Å². The van der Waals surface area contributed by atoms with Crippen LogP contribution in [-0.4, -0.2) is 5.04 Å². The fraction of sp³-hybridized carbons (Fsp3) is 0.111. The quantitative estimate of drug-likeness (QED) is 0.194. The predicted octanol–water partition coefficient (Wildman–Crippen LogP) is -1.34.